The normalized spacial score (nSPS) is 18.4. The summed E-state index contributed by atoms with van der Waals surface area (Å²) in [5.41, 5.74) is 1.91. The highest BCUT2D eigenvalue weighted by Crippen LogP contribution is 2.21. The number of aromatic nitrogens is 2. The van der Waals surface area contributed by atoms with Gasteiger partial charge in [0, 0.05) is 32.7 Å². The fourth-order valence-corrected chi connectivity index (χ4v) is 4.35. The van der Waals surface area contributed by atoms with Gasteiger partial charge in [0.25, 0.3) is 10.2 Å². The van der Waals surface area contributed by atoms with E-state index in [9.17, 15) is 13.2 Å². The predicted molar refractivity (Wildman–Crippen MR) is 103 cm³/mol. The second-order valence-corrected chi connectivity index (χ2v) is 9.17. The molecule has 2 aromatic rings. The molecule has 2 heterocycles. The topological polar surface area (TPSA) is 109 Å². The molecule has 152 valence electrons. The van der Waals surface area contributed by atoms with Crippen LogP contribution in [0, 0.1) is 12.8 Å². The Kier molecular flexibility index (Phi) is 6.11. The lowest BCUT2D eigenvalue weighted by atomic mass is 9.99. The summed E-state index contributed by atoms with van der Waals surface area (Å²) in [6.07, 6.45) is 1.28. The maximum atomic E-state index is 12.5. The molecule has 1 aromatic heterocycles. The standard InChI is InChI=1S/C18H25N5O4S/c1-13-7-4-5-9-15(13)17-20-16(27-21-17)11-19-18(24)14-8-6-10-23(12-14)28(25,26)22(2)3/h4-5,7,9,14H,6,8,10-12H2,1-3H3,(H,19,24)/t14-/m0/s1. The summed E-state index contributed by atoms with van der Waals surface area (Å²) in [5.74, 6) is 0.167. The number of nitrogens with one attached hydrogen (secondary N) is 1. The molecule has 28 heavy (non-hydrogen) atoms. The van der Waals surface area contributed by atoms with Crippen LogP contribution in [-0.4, -0.2) is 60.3 Å². The van der Waals surface area contributed by atoms with Gasteiger partial charge in [-0.15, -0.1) is 0 Å². The Labute approximate surface area is 164 Å². The molecule has 1 aliphatic heterocycles. The van der Waals surface area contributed by atoms with Gasteiger partial charge in [-0.2, -0.15) is 22.0 Å². The number of hydrogen-bond acceptors (Lipinski definition) is 6. The number of carbonyl (C=O) groups is 1. The van der Waals surface area contributed by atoms with Gasteiger partial charge in [0.1, 0.15) is 0 Å². The first-order chi connectivity index (χ1) is 13.3. The van der Waals surface area contributed by atoms with E-state index < -0.39 is 16.1 Å². The van der Waals surface area contributed by atoms with E-state index in [0.717, 1.165) is 11.1 Å². The Bertz CT molecular complexity index is 941. The molecule has 1 amide bonds. The number of nitrogens with zero attached hydrogens (tertiary/aromatic N) is 4. The van der Waals surface area contributed by atoms with Gasteiger partial charge in [0.2, 0.25) is 17.6 Å². The number of rotatable bonds is 6. The van der Waals surface area contributed by atoms with Crippen LogP contribution in [-0.2, 0) is 21.5 Å². The lowest BCUT2D eigenvalue weighted by Crippen LogP contribution is -2.48. The quantitative estimate of drug-likeness (QED) is 0.770. The molecular formula is C18H25N5O4S. The van der Waals surface area contributed by atoms with Crippen molar-refractivity contribution < 1.29 is 17.7 Å². The lowest BCUT2D eigenvalue weighted by molar-refractivity contribution is -0.126. The molecule has 1 aliphatic rings. The number of aryl methyl sites for hydroxylation is 1. The molecule has 1 saturated heterocycles. The SMILES string of the molecule is Cc1ccccc1-c1noc(CNC(=O)[C@H]2CCCN(S(=O)(=O)N(C)C)C2)n1. The van der Waals surface area contributed by atoms with Crippen molar-refractivity contribution in [2.45, 2.75) is 26.3 Å². The molecule has 0 saturated carbocycles. The highest BCUT2D eigenvalue weighted by molar-refractivity contribution is 7.86. The van der Waals surface area contributed by atoms with Crippen LogP contribution in [0.1, 0.15) is 24.3 Å². The molecule has 0 radical (unpaired) electrons. The second-order valence-electron chi connectivity index (χ2n) is 7.03. The van der Waals surface area contributed by atoms with Crippen LogP contribution in [0.15, 0.2) is 28.8 Å². The number of hydrogen-bond donors (Lipinski definition) is 1. The molecule has 3 rings (SSSR count). The Morgan fingerprint density at radius 1 is 1.36 bits per heavy atom. The average molecular weight is 407 g/mol. The number of amides is 1. The lowest BCUT2D eigenvalue weighted by Gasteiger charge is -2.32. The first-order valence-electron chi connectivity index (χ1n) is 9.13. The van der Waals surface area contributed by atoms with E-state index in [1.807, 2.05) is 31.2 Å². The van der Waals surface area contributed by atoms with Crippen LogP contribution in [0.4, 0.5) is 0 Å². The van der Waals surface area contributed by atoms with Crippen molar-refractivity contribution in [3.8, 4) is 11.4 Å². The van der Waals surface area contributed by atoms with Crippen molar-refractivity contribution in [1.29, 1.82) is 0 Å². The maximum Gasteiger partial charge on any atom is 0.281 e. The smallest absolute Gasteiger partial charge is 0.281 e. The van der Waals surface area contributed by atoms with Crippen LogP contribution in [0.3, 0.4) is 0 Å². The largest absolute Gasteiger partial charge is 0.347 e. The van der Waals surface area contributed by atoms with Gasteiger partial charge in [0.05, 0.1) is 12.5 Å². The molecular weight excluding hydrogens is 382 g/mol. The summed E-state index contributed by atoms with van der Waals surface area (Å²) in [7, 11) is -0.546. The van der Waals surface area contributed by atoms with E-state index in [0.29, 0.717) is 31.1 Å². The van der Waals surface area contributed by atoms with Gasteiger partial charge in [-0.3, -0.25) is 4.79 Å². The molecule has 9 nitrogen and oxygen atoms in total. The molecule has 0 aliphatic carbocycles. The zero-order valence-corrected chi connectivity index (χ0v) is 17.1. The summed E-state index contributed by atoms with van der Waals surface area (Å²) in [6, 6.07) is 7.70. The van der Waals surface area contributed by atoms with Crippen molar-refractivity contribution in [2.75, 3.05) is 27.2 Å². The summed E-state index contributed by atoms with van der Waals surface area (Å²) in [5, 5.41) is 6.75. The molecule has 0 spiro atoms. The Morgan fingerprint density at radius 3 is 2.82 bits per heavy atom. The Morgan fingerprint density at radius 2 is 2.11 bits per heavy atom. The fourth-order valence-electron chi connectivity index (χ4n) is 3.16. The van der Waals surface area contributed by atoms with Gasteiger partial charge in [0.15, 0.2) is 0 Å². The van der Waals surface area contributed by atoms with E-state index in [4.69, 9.17) is 4.52 Å². The molecule has 10 heteroatoms. The summed E-state index contributed by atoms with van der Waals surface area (Å²) in [4.78, 5) is 16.8. The van der Waals surface area contributed by atoms with Gasteiger partial charge in [-0.1, -0.05) is 29.4 Å². The minimum atomic E-state index is -3.52. The van der Waals surface area contributed by atoms with Gasteiger partial charge in [-0.05, 0) is 25.3 Å². The fraction of sp³-hybridized carbons (Fsp3) is 0.500. The molecule has 0 bridgehead atoms. The first kappa shape index (κ1) is 20.4. The summed E-state index contributed by atoms with van der Waals surface area (Å²) in [6.45, 7) is 2.66. The number of piperidine rings is 1. The monoisotopic (exact) mass is 407 g/mol. The molecule has 1 fully saturated rings. The highest BCUT2D eigenvalue weighted by atomic mass is 32.2. The van der Waals surface area contributed by atoms with Crippen LogP contribution >= 0.6 is 0 Å². The minimum Gasteiger partial charge on any atom is -0.347 e. The maximum absolute atomic E-state index is 12.5. The zero-order chi connectivity index (χ0) is 20.3. The van der Waals surface area contributed by atoms with Crippen LogP contribution in [0.5, 0.6) is 0 Å². The van der Waals surface area contributed by atoms with E-state index >= 15 is 0 Å². The molecule has 0 unspecified atom stereocenters. The number of carbonyl (C=O) groups excluding carboxylic acids is 1. The average Bonchev–Trinajstić information content (AvgIpc) is 3.15. The third-order valence-corrected chi connectivity index (χ3v) is 6.72. The van der Waals surface area contributed by atoms with E-state index in [1.165, 1.54) is 22.7 Å². The van der Waals surface area contributed by atoms with E-state index in [2.05, 4.69) is 15.5 Å². The third-order valence-electron chi connectivity index (χ3n) is 4.81. The van der Waals surface area contributed by atoms with Crippen molar-refractivity contribution in [2.24, 2.45) is 5.92 Å². The van der Waals surface area contributed by atoms with Gasteiger partial charge < -0.3 is 9.84 Å². The van der Waals surface area contributed by atoms with Crippen molar-refractivity contribution in [3.63, 3.8) is 0 Å². The van der Waals surface area contributed by atoms with Crippen molar-refractivity contribution in [3.05, 3.63) is 35.7 Å². The minimum absolute atomic E-state index is 0.106. The van der Waals surface area contributed by atoms with E-state index in [1.54, 1.807) is 0 Å². The molecule has 1 atom stereocenters. The third kappa shape index (κ3) is 4.40. The van der Waals surface area contributed by atoms with Crippen LogP contribution in [0.2, 0.25) is 0 Å². The van der Waals surface area contributed by atoms with Crippen LogP contribution in [0.25, 0.3) is 11.4 Å². The number of benzene rings is 1. The zero-order valence-electron chi connectivity index (χ0n) is 16.3. The van der Waals surface area contributed by atoms with Crippen LogP contribution < -0.4 is 5.32 Å². The predicted octanol–water partition coefficient (Wildman–Crippen LogP) is 1.18. The van der Waals surface area contributed by atoms with Gasteiger partial charge >= 0.3 is 0 Å². The second kappa shape index (κ2) is 8.38. The summed E-state index contributed by atoms with van der Waals surface area (Å²) >= 11 is 0. The molecule has 1 N–H and O–H groups in total. The van der Waals surface area contributed by atoms with E-state index in [-0.39, 0.29) is 19.0 Å². The Balaban J connectivity index is 1.59. The highest BCUT2D eigenvalue weighted by Gasteiger charge is 2.33. The summed E-state index contributed by atoms with van der Waals surface area (Å²) < 4.78 is 32.3. The van der Waals surface area contributed by atoms with Crippen molar-refractivity contribution >= 4 is 16.1 Å². The Hall–Kier alpha value is -2.30. The van der Waals surface area contributed by atoms with Gasteiger partial charge in [-0.25, -0.2) is 0 Å². The van der Waals surface area contributed by atoms with Crippen molar-refractivity contribution in [1.82, 2.24) is 24.1 Å². The first-order valence-corrected chi connectivity index (χ1v) is 10.5. The molecule has 1 aromatic carbocycles.